The van der Waals surface area contributed by atoms with Gasteiger partial charge in [-0.05, 0) is 12.1 Å². The van der Waals surface area contributed by atoms with Crippen LogP contribution in [0.4, 0.5) is 0 Å². The summed E-state index contributed by atoms with van der Waals surface area (Å²) in [5.41, 5.74) is 2.31. The van der Waals surface area contributed by atoms with Gasteiger partial charge < -0.3 is 4.57 Å². The molecular formula is C21H14ClN5OS. The van der Waals surface area contributed by atoms with Crippen LogP contribution in [-0.2, 0) is 7.05 Å². The van der Waals surface area contributed by atoms with Crippen LogP contribution in [0, 0.1) is 0 Å². The standard InChI is InChI=1S/C21H14ClN5OS/c1-26-9-8-23-19(26)13-2-4-14(5-3-13)20-25-17-12-29-11-16(17)21(28)27(20)18-7-6-15(22)10-24-18/h2-12H,1H3. The Morgan fingerprint density at radius 2 is 1.72 bits per heavy atom. The van der Waals surface area contributed by atoms with Crippen LogP contribution >= 0.6 is 22.9 Å². The summed E-state index contributed by atoms with van der Waals surface area (Å²) in [5, 5.41) is 4.76. The van der Waals surface area contributed by atoms with Crippen molar-refractivity contribution in [1.29, 1.82) is 0 Å². The molecule has 0 saturated carbocycles. The molecule has 142 valence electrons. The summed E-state index contributed by atoms with van der Waals surface area (Å²) in [6.07, 6.45) is 5.19. The molecule has 6 nitrogen and oxygen atoms in total. The molecule has 4 aromatic heterocycles. The maximum Gasteiger partial charge on any atom is 0.268 e. The van der Waals surface area contributed by atoms with Crippen LogP contribution in [-0.4, -0.2) is 24.1 Å². The third kappa shape index (κ3) is 3.04. The van der Waals surface area contributed by atoms with Gasteiger partial charge in [0.1, 0.15) is 17.5 Å². The van der Waals surface area contributed by atoms with E-state index < -0.39 is 0 Å². The summed E-state index contributed by atoms with van der Waals surface area (Å²) in [5.74, 6) is 1.87. The molecule has 4 heterocycles. The maximum absolute atomic E-state index is 13.2. The van der Waals surface area contributed by atoms with E-state index in [-0.39, 0.29) is 5.56 Å². The molecule has 5 aromatic rings. The molecule has 0 fully saturated rings. The molecule has 0 bridgehead atoms. The molecule has 0 aliphatic carbocycles. The highest BCUT2D eigenvalue weighted by Gasteiger charge is 2.16. The van der Waals surface area contributed by atoms with E-state index in [0.717, 1.165) is 17.0 Å². The summed E-state index contributed by atoms with van der Waals surface area (Å²) >= 11 is 7.43. The van der Waals surface area contributed by atoms with Crippen molar-refractivity contribution in [1.82, 2.24) is 24.1 Å². The van der Waals surface area contributed by atoms with Crippen LogP contribution in [0.1, 0.15) is 0 Å². The number of hydrogen-bond donors (Lipinski definition) is 0. The van der Waals surface area contributed by atoms with Gasteiger partial charge in [0.25, 0.3) is 5.56 Å². The lowest BCUT2D eigenvalue weighted by molar-refractivity contribution is 0.924. The predicted octanol–water partition coefficient (Wildman–Crippen LogP) is 4.56. The van der Waals surface area contributed by atoms with E-state index in [1.54, 1.807) is 18.3 Å². The molecule has 0 atom stereocenters. The second-order valence-electron chi connectivity index (χ2n) is 6.52. The average Bonchev–Trinajstić information content (AvgIpc) is 3.38. The third-order valence-electron chi connectivity index (χ3n) is 4.68. The Morgan fingerprint density at radius 1 is 0.966 bits per heavy atom. The Hall–Kier alpha value is -3.29. The number of aromatic nitrogens is 5. The zero-order valence-corrected chi connectivity index (χ0v) is 16.9. The van der Waals surface area contributed by atoms with Crippen molar-refractivity contribution in [3.63, 3.8) is 0 Å². The normalized spacial score (nSPS) is 11.2. The van der Waals surface area contributed by atoms with Crippen LogP contribution in [0.2, 0.25) is 5.02 Å². The van der Waals surface area contributed by atoms with Crippen molar-refractivity contribution in [2.45, 2.75) is 0 Å². The Balaban J connectivity index is 1.72. The quantitative estimate of drug-likeness (QED) is 0.430. The molecular weight excluding hydrogens is 406 g/mol. The number of aryl methyl sites for hydroxylation is 1. The molecule has 0 aliphatic rings. The van der Waals surface area contributed by atoms with Gasteiger partial charge >= 0.3 is 0 Å². The highest BCUT2D eigenvalue weighted by atomic mass is 35.5. The zero-order valence-electron chi connectivity index (χ0n) is 15.3. The van der Waals surface area contributed by atoms with E-state index in [2.05, 4.69) is 9.97 Å². The number of halogens is 1. The first kappa shape index (κ1) is 17.8. The van der Waals surface area contributed by atoms with Crippen molar-refractivity contribution in [3.05, 3.63) is 81.1 Å². The second kappa shape index (κ2) is 6.95. The number of benzene rings is 1. The minimum absolute atomic E-state index is 0.158. The van der Waals surface area contributed by atoms with Crippen molar-refractivity contribution >= 4 is 33.8 Å². The third-order valence-corrected chi connectivity index (χ3v) is 5.63. The molecule has 0 N–H and O–H groups in total. The summed E-state index contributed by atoms with van der Waals surface area (Å²) in [4.78, 5) is 26.7. The van der Waals surface area contributed by atoms with Crippen LogP contribution < -0.4 is 5.56 Å². The molecule has 5 rings (SSSR count). The molecule has 1 aromatic carbocycles. The van der Waals surface area contributed by atoms with Gasteiger partial charge in [0.15, 0.2) is 0 Å². The average molecular weight is 420 g/mol. The van der Waals surface area contributed by atoms with Crippen LogP contribution in [0.3, 0.4) is 0 Å². The van der Waals surface area contributed by atoms with Gasteiger partial charge in [-0.25, -0.2) is 19.5 Å². The van der Waals surface area contributed by atoms with Gasteiger partial charge in [0, 0.05) is 47.5 Å². The SMILES string of the molecule is Cn1ccnc1-c1ccc(-c2nc3cscc3c(=O)n2-c2ccc(Cl)cn2)cc1. The number of pyridine rings is 1. The van der Waals surface area contributed by atoms with Crippen molar-refractivity contribution in [3.8, 4) is 28.6 Å². The van der Waals surface area contributed by atoms with Gasteiger partial charge in [-0.1, -0.05) is 35.9 Å². The van der Waals surface area contributed by atoms with Gasteiger partial charge in [0.2, 0.25) is 0 Å². The lowest BCUT2D eigenvalue weighted by Crippen LogP contribution is -2.22. The first-order valence-electron chi connectivity index (χ1n) is 8.81. The number of nitrogens with zero attached hydrogens (tertiary/aromatic N) is 5. The van der Waals surface area contributed by atoms with Crippen molar-refractivity contribution < 1.29 is 0 Å². The fraction of sp³-hybridized carbons (Fsp3) is 0.0476. The Kier molecular flexibility index (Phi) is 4.26. The van der Waals surface area contributed by atoms with E-state index in [9.17, 15) is 4.79 Å². The molecule has 0 amide bonds. The fourth-order valence-electron chi connectivity index (χ4n) is 3.24. The van der Waals surface area contributed by atoms with E-state index >= 15 is 0 Å². The molecule has 0 spiro atoms. The lowest BCUT2D eigenvalue weighted by Gasteiger charge is -2.12. The topological polar surface area (TPSA) is 65.6 Å². The Bertz CT molecular complexity index is 1380. The van der Waals surface area contributed by atoms with E-state index in [1.165, 1.54) is 22.1 Å². The number of fused-ring (bicyclic) bond motifs is 1. The lowest BCUT2D eigenvalue weighted by atomic mass is 10.1. The van der Waals surface area contributed by atoms with E-state index in [0.29, 0.717) is 27.6 Å². The molecule has 0 unspecified atom stereocenters. The summed E-state index contributed by atoms with van der Waals surface area (Å²) in [6, 6.07) is 11.3. The van der Waals surface area contributed by atoms with Gasteiger partial charge in [-0.15, -0.1) is 11.3 Å². The first-order chi connectivity index (χ1) is 14.1. The smallest absolute Gasteiger partial charge is 0.268 e. The summed E-state index contributed by atoms with van der Waals surface area (Å²) in [6.45, 7) is 0. The molecule has 0 radical (unpaired) electrons. The number of rotatable bonds is 3. The number of imidazole rings is 1. The highest BCUT2D eigenvalue weighted by Crippen LogP contribution is 2.26. The summed E-state index contributed by atoms with van der Waals surface area (Å²) < 4.78 is 3.49. The molecule has 29 heavy (non-hydrogen) atoms. The minimum atomic E-state index is -0.158. The monoisotopic (exact) mass is 419 g/mol. The van der Waals surface area contributed by atoms with E-state index in [1.807, 2.05) is 52.8 Å². The first-order valence-corrected chi connectivity index (χ1v) is 10.1. The Morgan fingerprint density at radius 3 is 2.38 bits per heavy atom. The van der Waals surface area contributed by atoms with Crippen LogP contribution in [0.5, 0.6) is 0 Å². The van der Waals surface area contributed by atoms with Crippen LogP contribution in [0.15, 0.2) is 70.5 Å². The molecule has 0 aliphatic heterocycles. The van der Waals surface area contributed by atoms with Gasteiger partial charge in [0.05, 0.1) is 15.9 Å². The maximum atomic E-state index is 13.2. The van der Waals surface area contributed by atoms with Gasteiger partial charge in [-0.3, -0.25) is 4.79 Å². The molecule has 8 heteroatoms. The highest BCUT2D eigenvalue weighted by molar-refractivity contribution is 7.09. The van der Waals surface area contributed by atoms with Crippen LogP contribution in [0.25, 0.3) is 39.5 Å². The molecule has 0 saturated heterocycles. The number of hydrogen-bond acceptors (Lipinski definition) is 5. The fourth-order valence-corrected chi connectivity index (χ4v) is 4.08. The zero-order chi connectivity index (χ0) is 20.0. The van der Waals surface area contributed by atoms with E-state index in [4.69, 9.17) is 16.6 Å². The largest absolute Gasteiger partial charge is 0.334 e. The Labute approximate surface area is 174 Å². The summed E-state index contributed by atoms with van der Waals surface area (Å²) in [7, 11) is 1.95. The minimum Gasteiger partial charge on any atom is -0.334 e. The van der Waals surface area contributed by atoms with Crippen molar-refractivity contribution in [2.24, 2.45) is 7.05 Å². The predicted molar refractivity (Wildman–Crippen MR) is 116 cm³/mol. The van der Waals surface area contributed by atoms with Gasteiger partial charge in [-0.2, -0.15) is 0 Å². The van der Waals surface area contributed by atoms with Crippen molar-refractivity contribution in [2.75, 3.05) is 0 Å². The number of thiophene rings is 1. The second-order valence-corrected chi connectivity index (χ2v) is 7.70.